The number of nitrogens with zero attached hydrogens (tertiary/aromatic N) is 4. The monoisotopic (exact) mass is 961 g/mol. The number of aldehydes is 1. The number of piperidine rings is 2. The molecule has 1 unspecified atom stereocenters. The van der Waals surface area contributed by atoms with Gasteiger partial charge in [0.15, 0.2) is 6.29 Å². The average Bonchev–Trinajstić information content (AvgIpc) is 3.89. The molecule has 15 nitrogen and oxygen atoms in total. The molecule has 1 atom stereocenters. The zero-order valence-electron chi connectivity index (χ0n) is 40.8. The van der Waals surface area contributed by atoms with E-state index in [4.69, 9.17) is 5.41 Å². The molecule has 16 heteroatoms. The Hall–Kier alpha value is -7.43. The summed E-state index contributed by atoms with van der Waals surface area (Å²) in [6.07, 6.45) is 6.22. The Labute approximate surface area is 413 Å². The second-order valence-electron chi connectivity index (χ2n) is 19.0. The van der Waals surface area contributed by atoms with Crippen molar-refractivity contribution < 1.29 is 33.2 Å². The van der Waals surface area contributed by atoms with Gasteiger partial charge in [-0.25, -0.2) is 4.39 Å². The summed E-state index contributed by atoms with van der Waals surface area (Å²) in [6.45, 7) is 7.00. The average molecular weight is 962 g/mol. The number of pyridine rings is 1. The number of amides is 5. The van der Waals surface area contributed by atoms with Crippen molar-refractivity contribution >= 4 is 64.3 Å². The number of aromatic nitrogens is 1. The van der Waals surface area contributed by atoms with Gasteiger partial charge in [0.1, 0.15) is 23.3 Å². The standard InChI is InChI=1S/C53H53FN8O6.C2H7N/c1-53(2)47-34(6-4-7-42(47)62(52(53)68)43-17-18-44(64)59-50(43)66)22-27-60-25-20-32(21-26-60)31-9-11-33(12-10-31)40-29-37(61-24-5-8-45(61)65)13-14-38(40)39-15-16-41(56-3)46(48(39)54)49(55)51(67)58-35-19-23-57-36(28-35)30-63;1-3-2/h4,6-7,9-16,19,23,28-30,32,43,55-56H,5,8,17-18,20-22,24-27H2,1-3H3,(H,57,58,67)(H,59,64,66);3H,1-2H3. The summed E-state index contributed by atoms with van der Waals surface area (Å²) in [6, 6.07) is 25.1. The lowest BCUT2D eigenvalue weighted by atomic mass is 9.82. The molecule has 5 amide bonds. The maximum absolute atomic E-state index is 17.0. The van der Waals surface area contributed by atoms with E-state index in [9.17, 15) is 28.8 Å². The molecule has 3 saturated heterocycles. The molecule has 71 heavy (non-hydrogen) atoms. The van der Waals surface area contributed by atoms with Gasteiger partial charge in [-0.1, -0.05) is 42.5 Å². The van der Waals surface area contributed by atoms with Crippen molar-refractivity contribution in [1.29, 1.82) is 5.41 Å². The minimum atomic E-state index is -0.869. The Bertz CT molecular complexity index is 2910. The summed E-state index contributed by atoms with van der Waals surface area (Å²) in [5, 5.41) is 19.5. The van der Waals surface area contributed by atoms with E-state index in [0.29, 0.717) is 48.4 Å². The van der Waals surface area contributed by atoms with E-state index in [0.717, 1.165) is 67.7 Å². The molecule has 4 aromatic carbocycles. The maximum Gasteiger partial charge on any atom is 0.274 e. The van der Waals surface area contributed by atoms with Crippen LogP contribution >= 0.6 is 0 Å². The van der Waals surface area contributed by atoms with Crippen LogP contribution in [0.2, 0.25) is 0 Å². The number of benzene rings is 4. The Morgan fingerprint density at radius 3 is 2.30 bits per heavy atom. The van der Waals surface area contributed by atoms with Crippen LogP contribution in [0.1, 0.15) is 91.0 Å². The second kappa shape index (κ2) is 21.3. The molecular formula is C55H60FN9O6. The maximum atomic E-state index is 17.0. The molecule has 0 aliphatic carbocycles. The van der Waals surface area contributed by atoms with E-state index in [2.05, 4.69) is 49.4 Å². The van der Waals surface area contributed by atoms with Gasteiger partial charge in [-0.15, -0.1) is 0 Å². The molecule has 0 bridgehead atoms. The van der Waals surface area contributed by atoms with Crippen LogP contribution in [0.3, 0.4) is 0 Å². The molecule has 5 aromatic rings. The highest BCUT2D eigenvalue weighted by atomic mass is 19.1. The molecule has 0 saturated carbocycles. The number of halogens is 1. The Morgan fingerprint density at radius 1 is 0.887 bits per heavy atom. The summed E-state index contributed by atoms with van der Waals surface area (Å²) in [7, 11) is 5.34. The van der Waals surface area contributed by atoms with E-state index in [1.807, 2.05) is 64.3 Å². The number of fused-ring (bicyclic) bond motifs is 1. The van der Waals surface area contributed by atoms with Crippen LogP contribution < -0.4 is 31.1 Å². The normalized spacial score (nSPS) is 17.9. The van der Waals surface area contributed by atoms with Crippen molar-refractivity contribution in [3.05, 3.63) is 125 Å². The molecule has 9 rings (SSSR count). The largest absolute Gasteiger partial charge is 0.387 e. The lowest BCUT2D eigenvalue weighted by molar-refractivity contribution is -0.136. The Kier molecular flexibility index (Phi) is 15.0. The number of hydrogen-bond donors (Lipinski definition) is 5. The van der Waals surface area contributed by atoms with Crippen molar-refractivity contribution in [3.8, 4) is 22.3 Å². The third-order valence-corrected chi connectivity index (χ3v) is 14.0. The number of carbonyl (C=O) groups excluding carboxylic acids is 6. The molecule has 0 spiro atoms. The number of nitrogens with one attached hydrogen (secondary N) is 5. The van der Waals surface area contributed by atoms with Crippen LogP contribution in [0.4, 0.5) is 27.1 Å². The van der Waals surface area contributed by atoms with Gasteiger partial charge in [0, 0.05) is 67.5 Å². The van der Waals surface area contributed by atoms with Crippen molar-refractivity contribution in [2.45, 2.75) is 76.2 Å². The lowest BCUT2D eigenvalue weighted by Crippen LogP contribution is -2.55. The summed E-state index contributed by atoms with van der Waals surface area (Å²) >= 11 is 0. The van der Waals surface area contributed by atoms with Gasteiger partial charge < -0.3 is 25.8 Å². The summed E-state index contributed by atoms with van der Waals surface area (Å²) in [5.41, 5.74) is 5.81. The number of anilines is 4. The summed E-state index contributed by atoms with van der Waals surface area (Å²) in [5.74, 6) is -2.17. The molecule has 5 heterocycles. The first-order valence-electron chi connectivity index (χ1n) is 24.2. The van der Waals surface area contributed by atoms with Gasteiger partial charge in [0.2, 0.25) is 23.6 Å². The quantitative estimate of drug-likeness (QED) is 0.0456. The minimum absolute atomic E-state index is 0.0224. The van der Waals surface area contributed by atoms with E-state index in [1.165, 1.54) is 23.9 Å². The van der Waals surface area contributed by atoms with Gasteiger partial charge in [-0.05, 0) is 155 Å². The fourth-order valence-electron chi connectivity index (χ4n) is 10.4. The van der Waals surface area contributed by atoms with Crippen molar-refractivity contribution in [3.63, 3.8) is 0 Å². The second-order valence-corrected chi connectivity index (χ2v) is 19.0. The predicted octanol–water partition coefficient (Wildman–Crippen LogP) is 7.23. The highest BCUT2D eigenvalue weighted by Crippen LogP contribution is 2.46. The van der Waals surface area contributed by atoms with Crippen molar-refractivity contribution in [2.75, 3.05) is 67.8 Å². The highest BCUT2D eigenvalue weighted by Gasteiger charge is 2.50. The topological polar surface area (TPSA) is 197 Å². The fourth-order valence-corrected chi connectivity index (χ4v) is 10.4. The summed E-state index contributed by atoms with van der Waals surface area (Å²) in [4.78, 5) is 85.9. The van der Waals surface area contributed by atoms with Gasteiger partial charge in [0.25, 0.3) is 5.91 Å². The van der Waals surface area contributed by atoms with Crippen LogP contribution in [-0.4, -0.2) is 105 Å². The first-order valence-corrected chi connectivity index (χ1v) is 24.2. The summed E-state index contributed by atoms with van der Waals surface area (Å²) < 4.78 is 17.0. The third kappa shape index (κ3) is 10.1. The molecule has 5 N–H and O–H groups in total. The number of hydrogen-bond acceptors (Lipinski definition) is 11. The van der Waals surface area contributed by atoms with Gasteiger partial charge in [-0.2, -0.15) is 0 Å². The molecule has 4 aliphatic rings. The van der Waals surface area contributed by atoms with Crippen LogP contribution in [-0.2, 0) is 35.8 Å². The van der Waals surface area contributed by atoms with Gasteiger partial charge in [0.05, 0.1) is 11.0 Å². The molecule has 368 valence electrons. The Morgan fingerprint density at radius 2 is 1.62 bits per heavy atom. The van der Waals surface area contributed by atoms with E-state index >= 15 is 4.39 Å². The molecule has 1 aromatic heterocycles. The molecule has 0 radical (unpaired) electrons. The number of likely N-dealkylation sites (tertiary alicyclic amines) is 1. The van der Waals surface area contributed by atoms with E-state index < -0.39 is 34.8 Å². The van der Waals surface area contributed by atoms with E-state index in [1.54, 1.807) is 35.0 Å². The fraction of sp³-hybridized carbons (Fsp3) is 0.345. The number of rotatable bonds is 13. The SMILES string of the molecule is CNC.CNc1ccc(-c2ccc(N3CCCC3=O)cc2-c2ccc(C3CCN(CCc4cccc5c4C(C)(C)C(=O)N5C4CCC(=O)NC4=O)CC3)cc2)c(F)c1C(=N)C(=O)Nc1ccnc(C=O)c1. The molecule has 4 aliphatic heterocycles. The lowest BCUT2D eigenvalue weighted by Gasteiger charge is -2.32. The van der Waals surface area contributed by atoms with Crippen molar-refractivity contribution in [1.82, 2.24) is 20.5 Å². The number of imide groups is 1. The van der Waals surface area contributed by atoms with E-state index in [-0.39, 0.29) is 52.3 Å². The zero-order chi connectivity index (χ0) is 50.6. The van der Waals surface area contributed by atoms with Crippen LogP contribution in [0.25, 0.3) is 22.3 Å². The number of carbonyl (C=O) groups is 6. The van der Waals surface area contributed by atoms with Crippen molar-refractivity contribution in [2.24, 2.45) is 0 Å². The highest BCUT2D eigenvalue weighted by molar-refractivity contribution is 6.48. The van der Waals surface area contributed by atoms with Gasteiger partial charge in [-0.3, -0.25) is 49.4 Å². The smallest absolute Gasteiger partial charge is 0.274 e. The van der Waals surface area contributed by atoms with Crippen LogP contribution in [0.15, 0.2) is 91.1 Å². The minimum Gasteiger partial charge on any atom is -0.387 e. The Balaban J connectivity index is 0.00000220. The molecule has 3 fully saturated rings. The van der Waals surface area contributed by atoms with Crippen LogP contribution in [0, 0.1) is 11.2 Å². The first-order chi connectivity index (χ1) is 34.2. The first kappa shape index (κ1) is 50.0. The third-order valence-electron chi connectivity index (χ3n) is 14.0. The van der Waals surface area contributed by atoms with Crippen LogP contribution in [0.5, 0.6) is 0 Å². The molecular weight excluding hydrogens is 902 g/mol. The predicted molar refractivity (Wildman–Crippen MR) is 274 cm³/mol. The van der Waals surface area contributed by atoms with Gasteiger partial charge >= 0.3 is 0 Å². The zero-order valence-corrected chi connectivity index (χ0v) is 40.8.